The van der Waals surface area contributed by atoms with Crippen LogP contribution in [0.5, 0.6) is 5.75 Å². The van der Waals surface area contributed by atoms with Gasteiger partial charge in [0.15, 0.2) is 6.10 Å². The summed E-state index contributed by atoms with van der Waals surface area (Å²) < 4.78 is 5.29. The van der Waals surface area contributed by atoms with Gasteiger partial charge in [-0.3, -0.25) is 4.79 Å². The lowest BCUT2D eigenvalue weighted by atomic mass is 10.0. The van der Waals surface area contributed by atoms with Crippen LogP contribution in [-0.2, 0) is 16.2 Å². The van der Waals surface area contributed by atoms with Gasteiger partial charge in [-0.05, 0) is 35.4 Å². The molecule has 2 aromatic carbocycles. The third kappa shape index (κ3) is 5.28. The topological polar surface area (TPSA) is 54.4 Å². The van der Waals surface area contributed by atoms with E-state index in [1.54, 1.807) is 7.11 Å². The van der Waals surface area contributed by atoms with Crippen LogP contribution in [0.1, 0.15) is 30.9 Å². The molecule has 0 spiro atoms. The third-order valence-electron chi connectivity index (χ3n) is 5.04. The Morgan fingerprint density at radius 1 is 1.21 bits per heavy atom. The Morgan fingerprint density at radius 2 is 1.97 bits per heavy atom. The van der Waals surface area contributed by atoms with E-state index in [9.17, 15) is 4.79 Å². The monoisotopic (exact) mass is 395 g/mol. The minimum absolute atomic E-state index is 0.0974. The number of ether oxygens (including phenoxy) is 1. The van der Waals surface area contributed by atoms with Gasteiger partial charge in [-0.15, -0.1) is 0 Å². The molecule has 0 unspecified atom stereocenters. The molecule has 1 amide bonds. The zero-order valence-electron chi connectivity index (χ0n) is 17.6. The van der Waals surface area contributed by atoms with E-state index < -0.39 is 0 Å². The lowest BCUT2D eigenvalue weighted by Gasteiger charge is -2.24. The summed E-state index contributed by atoms with van der Waals surface area (Å²) in [5, 5.41) is 4.28. The summed E-state index contributed by atoms with van der Waals surface area (Å²) in [6.45, 7) is 2.91. The summed E-state index contributed by atoms with van der Waals surface area (Å²) in [5.74, 6) is 0.885. The van der Waals surface area contributed by atoms with Crippen LogP contribution in [0.2, 0.25) is 0 Å². The second-order valence-electron chi connectivity index (χ2n) is 7.39. The highest BCUT2D eigenvalue weighted by molar-refractivity contribution is 6.01. The fourth-order valence-electron chi connectivity index (χ4n) is 3.36. The quantitative estimate of drug-likeness (QED) is 0.684. The van der Waals surface area contributed by atoms with Gasteiger partial charge in [0.1, 0.15) is 5.75 Å². The van der Waals surface area contributed by atoms with Crippen LogP contribution in [0.25, 0.3) is 0 Å². The van der Waals surface area contributed by atoms with E-state index in [-0.39, 0.29) is 12.0 Å². The zero-order chi connectivity index (χ0) is 20.8. The molecule has 1 heterocycles. The normalized spacial score (nSPS) is 15.4. The van der Waals surface area contributed by atoms with Gasteiger partial charge in [0.25, 0.3) is 0 Å². The average Bonchev–Trinajstić information content (AvgIpc) is 3.21. The lowest BCUT2D eigenvalue weighted by molar-refractivity contribution is -0.133. The summed E-state index contributed by atoms with van der Waals surface area (Å²) in [4.78, 5) is 22.1. The Bertz CT molecular complexity index is 862. The highest BCUT2D eigenvalue weighted by Crippen LogP contribution is 2.22. The number of oxime groups is 1. The molecule has 0 aliphatic carbocycles. The van der Waals surface area contributed by atoms with Gasteiger partial charge < -0.3 is 19.4 Å². The number of hydrogen-bond donors (Lipinski definition) is 0. The fraction of sp³-hybridized carbons (Fsp3) is 0.391. The van der Waals surface area contributed by atoms with Crippen LogP contribution >= 0.6 is 0 Å². The van der Waals surface area contributed by atoms with E-state index in [1.807, 2.05) is 50.2 Å². The number of carbonyl (C=O) groups excluding carboxylic acids is 1. The predicted molar refractivity (Wildman–Crippen MR) is 115 cm³/mol. The minimum atomic E-state index is -0.139. The Morgan fingerprint density at radius 3 is 2.62 bits per heavy atom. The molecule has 6 nitrogen and oxygen atoms in total. The first kappa shape index (κ1) is 20.7. The standard InChI is InChI=1S/C23H29N3O3/c1-5-23(27)26(15-17-7-6-8-20(13-17)28-4)16-21-14-22(24-29-21)18-9-11-19(12-10-18)25(2)3/h6-13,21H,5,14-16H2,1-4H3/t21-/m1/s1. The number of rotatable bonds is 8. The van der Waals surface area contributed by atoms with Crippen molar-refractivity contribution in [1.29, 1.82) is 0 Å². The number of hydrogen-bond acceptors (Lipinski definition) is 5. The number of carbonyl (C=O) groups is 1. The summed E-state index contributed by atoms with van der Waals surface area (Å²) in [7, 11) is 5.68. The van der Waals surface area contributed by atoms with Crippen molar-refractivity contribution in [2.75, 3.05) is 32.6 Å². The van der Waals surface area contributed by atoms with Crippen LogP contribution in [0.4, 0.5) is 5.69 Å². The summed E-state index contributed by atoms with van der Waals surface area (Å²) >= 11 is 0. The largest absolute Gasteiger partial charge is 0.497 e. The first-order valence-electron chi connectivity index (χ1n) is 9.91. The van der Waals surface area contributed by atoms with E-state index in [0.29, 0.717) is 25.9 Å². The molecule has 1 aliphatic rings. The second kappa shape index (κ2) is 9.45. The third-order valence-corrected chi connectivity index (χ3v) is 5.04. The minimum Gasteiger partial charge on any atom is -0.497 e. The van der Waals surface area contributed by atoms with Gasteiger partial charge in [-0.1, -0.05) is 36.3 Å². The Balaban J connectivity index is 1.64. The molecular formula is C23H29N3O3. The van der Waals surface area contributed by atoms with Gasteiger partial charge in [0.2, 0.25) is 5.91 Å². The molecule has 0 N–H and O–H groups in total. The van der Waals surface area contributed by atoms with Gasteiger partial charge >= 0.3 is 0 Å². The number of methoxy groups -OCH3 is 1. The number of anilines is 1. The molecule has 0 fully saturated rings. The molecule has 0 saturated carbocycles. The van der Waals surface area contributed by atoms with Crippen LogP contribution in [0.3, 0.4) is 0 Å². The highest BCUT2D eigenvalue weighted by Gasteiger charge is 2.26. The van der Waals surface area contributed by atoms with Crippen molar-refractivity contribution < 1.29 is 14.4 Å². The van der Waals surface area contributed by atoms with Crippen LogP contribution in [-0.4, -0.2) is 50.4 Å². The molecule has 1 atom stereocenters. The molecule has 3 rings (SSSR count). The summed E-state index contributed by atoms with van der Waals surface area (Å²) in [5.41, 5.74) is 4.15. The van der Waals surface area contributed by atoms with E-state index in [0.717, 1.165) is 28.3 Å². The van der Waals surface area contributed by atoms with Gasteiger partial charge in [-0.2, -0.15) is 0 Å². The van der Waals surface area contributed by atoms with Crippen molar-refractivity contribution in [3.8, 4) is 5.75 Å². The average molecular weight is 396 g/mol. The molecule has 1 aliphatic heterocycles. The molecule has 154 valence electrons. The molecule has 6 heteroatoms. The van der Waals surface area contributed by atoms with Crippen molar-refractivity contribution in [3.05, 3.63) is 59.7 Å². The van der Waals surface area contributed by atoms with Crippen molar-refractivity contribution in [3.63, 3.8) is 0 Å². The van der Waals surface area contributed by atoms with Crippen molar-refractivity contribution in [2.24, 2.45) is 5.16 Å². The molecule has 2 aromatic rings. The van der Waals surface area contributed by atoms with Gasteiger partial charge in [0.05, 0.1) is 19.4 Å². The number of nitrogens with zero attached hydrogens (tertiary/aromatic N) is 3. The fourth-order valence-corrected chi connectivity index (χ4v) is 3.36. The van der Waals surface area contributed by atoms with Crippen molar-refractivity contribution in [1.82, 2.24) is 4.90 Å². The van der Waals surface area contributed by atoms with Crippen molar-refractivity contribution in [2.45, 2.75) is 32.4 Å². The molecule has 29 heavy (non-hydrogen) atoms. The van der Waals surface area contributed by atoms with Crippen LogP contribution in [0.15, 0.2) is 53.7 Å². The van der Waals surface area contributed by atoms with Crippen molar-refractivity contribution >= 4 is 17.3 Å². The Labute approximate surface area is 172 Å². The molecule has 0 bridgehead atoms. The van der Waals surface area contributed by atoms with E-state index in [4.69, 9.17) is 9.57 Å². The maximum atomic E-state index is 12.5. The summed E-state index contributed by atoms with van der Waals surface area (Å²) in [6.07, 6.45) is 1.00. The van der Waals surface area contributed by atoms with Crippen LogP contribution < -0.4 is 9.64 Å². The molecule has 0 radical (unpaired) electrons. The van der Waals surface area contributed by atoms with E-state index in [1.165, 1.54) is 0 Å². The van der Waals surface area contributed by atoms with E-state index >= 15 is 0 Å². The van der Waals surface area contributed by atoms with Gasteiger partial charge in [-0.25, -0.2) is 0 Å². The number of amides is 1. The Kier molecular flexibility index (Phi) is 6.75. The molecular weight excluding hydrogens is 366 g/mol. The molecule has 0 aromatic heterocycles. The molecule has 0 saturated heterocycles. The summed E-state index contributed by atoms with van der Waals surface area (Å²) in [6, 6.07) is 16.1. The Hall–Kier alpha value is -3.02. The SMILES string of the molecule is CCC(=O)N(Cc1cccc(OC)c1)C[C@H]1CC(c2ccc(N(C)C)cc2)=NO1. The van der Waals surface area contributed by atoms with E-state index in [2.05, 4.69) is 34.3 Å². The first-order valence-corrected chi connectivity index (χ1v) is 9.91. The predicted octanol–water partition coefficient (Wildman–Crippen LogP) is 3.69. The smallest absolute Gasteiger partial charge is 0.222 e. The van der Waals surface area contributed by atoms with Crippen LogP contribution in [0, 0.1) is 0 Å². The maximum absolute atomic E-state index is 12.5. The first-order chi connectivity index (χ1) is 14.0. The van der Waals surface area contributed by atoms with Gasteiger partial charge in [0, 0.05) is 39.2 Å². The highest BCUT2D eigenvalue weighted by atomic mass is 16.6. The zero-order valence-corrected chi connectivity index (χ0v) is 17.6. The maximum Gasteiger partial charge on any atom is 0.222 e. The number of benzene rings is 2. The second-order valence-corrected chi connectivity index (χ2v) is 7.39. The lowest BCUT2D eigenvalue weighted by Crippen LogP contribution is -2.36.